The third-order valence-corrected chi connectivity index (χ3v) is 1.99. The summed E-state index contributed by atoms with van der Waals surface area (Å²) < 4.78 is 22.5. The Labute approximate surface area is 98.3 Å². The van der Waals surface area contributed by atoms with E-state index in [1.54, 1.807) is 0 Å². The lowest BCUT2D eigenvalue weighted by Gasteiger charge is -2.16. The van der Waals surface area contributed by atoms with Gasteiger partial charge in [0.15, 0.2) is 6.10 Å². The van der Waals surface area contributed by atoms with E-state index < -0.39 is 18.0 Å². The van der Waals surface area contributed by atoms with Gasteiger partial charge in [0.25, 0.3) is 0 Å². The van der Waals surface area contributed by atoms with Gasteiger partial charge in [0, 0.05) is 13.8 Å². The lowest BCUT2D eigenvalue weighted by Crippen LogP contribution is -2.16. The Balaban J connectivity index is 2.77. The number of hydrogen-bond donors (Lipinski definition) is 0. The standard InChI is InChI=1S/C12H13FO4/c1-8(14)16-7-12(17-9(2)15)10-3-5-11(13)6-4-10/h3-6,12H,7H2,1-2H3. The Morgan fingerprint density at radius 2 is 1.76 bits per heavy atom. The number of carbonyl (C=O) groups is 2. The fourth-order valence-corrected chi connectivity index (χ4v) is 1.27. The number of rotatable bonds is 4. The first-order chi connectivity index (χ1) is 7.99. The molecule has 0 aliphatic heterocycles. The van der Waals surface area contributed by atoms with Crippen molar-refractivity contribution in [3.63, 3.8) is 0 Å². The molecule has 0 spiro atoms. The van der Waals surface area contributed by atoms with Crippen LogP contribution in [0.3, 0.4) is 0 Å². The van der Waals surface area contributed by atoms with Crippen LogP contribution in [0, 0.1) is 5.82 Å². The zero-order valence-electron chi connectivity index (χ0n) is 9.60. The second-order valence-corrected chi connectivity index (χ2v) is 3.45. The van der Waals surface area contributed by atoms with Gasteiger partial charge in [-0.1, -0.05) is 12.1 Å². The van der Waals surface area contributed by atoms with Crippen LogP contribution in [0.4, 0.5) is 4.39 Å². The summed E-state index contributed by atoms with van der Waals surface area (Å²) >= 11 is 0. The second kappa shape index (κ2) is 5.98. The van der Waals surface area contributed by atoms with Gasteiger partial charge in [0.05, 0.1) is 0 Å². The molecule has 0 heterocycles. The summed E-state index contributed by atoms with van der Waals surface area (Å²) in [7, 11) is 0. The summed E-state index contributed by atoms with van der Waals surface area (Å²) in [5.41, 5.74) is 0.572. The summed E-state index contributed by atoms with van der Waals surface area (Å²) in [6.07, 6.45) is -0.711. The minimum atomic E-state index is -0.711. The van der Waals surface area contributed by atoms with Crippen molar-refractivity contribution in [3.8, 4) is 0 Å². The normalized spacial score (nSPS) is 11.7. The smallest absolute Gasteiger partial charge is 0.303 e. The maximum atomic E-state index is 12.7. The Bertz CT molecular complexity index is 399. The summed E-state index contributed by atoms with van der Waals surface area (Å²) in [5.74, 6) is -1.35. The first kappa shape index (κ1) is 13.2. The molecule has 0 aromatic heterocycles. The molecule has 1 aromatic rings. The number of carbonyl (C=O) groups excluding carboxylic acids is 2. The van der Waals surface area contributed by atoms with Crippen LogP contribution in [0.15, 0.2) is 24.3 Å². The molecule has 0 bridgehead atoms. The molecule has 1 atom stereocenters. The summed E-state index contributed by atoms with van der Waals surface area (Å²) in [4.78, 5) is 21.6. The van der Waals surface area contributed by atoms with Gasteiger partial charge in [0.2, 0.25) is 0 Å². The van der Waals surface area contributed by atoms with Gasteiger partial charge in [-0.3, -0.25) is 9.59 Å². The van der Waals surface area contributed by atoms with E-state index in [0.717, 1.165) is 0 Å². The van der Waals surface area contributed by atoms with Crippen molar-refractivity contribution < 1.29 is 23.5 Å². The number of benzene rings is 1. The van der Waals surface area contributed by atoms with Gasteiger partial charge in [-0.05, 0) is 17.7 Å². The molecule has 0 saturated heterocycles. The molecular weight excluding hydrogens is 227 g/mol. The summed E-state index contributed by atoms with van der Waals surface area (Å²) in [6.45, 7) is 2.43. The van der Waals surface area contributed by atoms with Gasteiger partial charge in [0.1, 0.15) is 12.4 Å². The van der Waals surface area contributed by atoms with Crippen LogP contribution in [-0.4, -0.2) is 18.5 Å². The average molecular weight is 240 g/mol. The third kappa shape index (κ3) is 4.63. The van der Waals surface area contributed by atoms with Crippen LogP contribution in [0.2, 0.25) is 0 Å². The van der Waals surface area contributed by atoms with Crippen LogP contribution in [0.25, 0.3) is 0 Å². The molecule has 0 fully saturated rings. The second-order valence-electron chi connectivity index (χ2n) is 3.45. The molecule has 0 aliphatic rings. The van der Waals surface area contributed by atoms with E-state index in [0.29, 0.717) is 5.56 Å². The molecule has 0 radical (unpaired) electrons. The molecule has 92 valence electrons. The molecule has 0 aliphatic carbocycles. The van der Waals surface area contributed by atoms with Crippen molar-refractivity contribution in [2.75, 3.05) is 6.61 Å². The SMILES string of the molecule is CC(=O)OCC(OC(C)=O)c1ccc(F)cc1. The van der Waals surface area contributed by atoms with E-state index in [4.69, 9.17) is 9.47 Å². The molecule has 1 aromatic carbocycles. The summed E-state index contributed by atoms with van der Waals surface area (Å²) in [5, 5.41) is 0. The fraction of sp³-hybridized carbons (Fsp3) is 0.333. The molecule has 4 nitrogen and oxygen atoms in total. The Kier molecular flexibility index (Phi) is 4.63. The average Bonchev–Trinajstić information content (AvgIpc) is 2.25. The van der Waals surface area contributed by atoms with E-state index >= 15 is 0 Å². The van der Waals surface area contributed by atoms with Crippen LogP contribution in [0.1, 0.15) is 25.5 Å². The Morgan fingerprint density at radius 1 is 1.18 bits per heavy atom. The minimum Gasteiger partial charge on any atom is -0.462 e. The first-order valence-electron chi connectivity index (χ1n) is 5.05. The molecule has 5 heteroatoms. The third-order valence-electron chi connectivity index (χ3n) is 1.99. The number of ether oxygens (including phenoxy) is 2. The van der Waals surface area contributed by atoms with Crippen LogP contribution < -0.4 is 0 Å². The Morgan fingerprint density at radius 3 is 2.24 bits per heavy atom. The summed E-state index contributed by atoms with van der Waals surface area (Å²) in [6, 6.07) is 5.46. The van der Waals surface area contributed by atoms with Crippen molar-refractivity contribution >= 4 is 11.9 Å². The zero-order valence-corrected chi connectivity index (χ0v) is 9.60. The lowest BCUT2D eigenvalue weighted by atomic mass is 10.1. The topological polar surface area (TPSA) is 52.6 Å². The molecule has 0 saturated carbocycles. The van der Waals surface area contributed by atoms with E-state index in [2.05, 4.69) is 0 Å². The van der Waals surface area contributed by atoms with Gasteiger partial charge in [-0.15, -0.1) is 0 Å². The molecule has 17 heavy (non-hydrogen) atoms. The fourth-order valence-electron chi connectivity index (χ4n) is 1.27. The van der Waals surface area contributed by atoms with Crippen molar-refractivity contribution in [1.82, 2.24) is 0 Å². The van der Waals surface area contributed by atoms with Crippen molar-refractivity contribution in [3.05, 3.63) is 35.6 Å². The number of halogens is 1. The molecule has 0 amide bonds. The quantitative estimate of drug-likeness (QED) is 0.755. The van der Waals surface area contributed by atoms with Gasteiger partial charge in [-0.2, -0.15) is 0 Å². The maximum absolute atomic E-state index is 12.7. The van der Waals surface area contributed by atoms with Crippen LogP contribution in [-0.2, 0) is 19.1 Å². The molecular formula is C12H13FO4. The number of esters is 2. The zero-order chi connectivity index (χ0) is 12.8. The van der Waals surface area contributed by atoms with E-state index in [-0.39, 0.29) is 12.4 Å². The van der Waals surface area contributed by atoms with Crippen molar-refractivity contribution in [2.45, 2.75) is 20.0 Å². The highest BCUT2D eigenvalue weighted by atomic mass is 19.1. The van der Waals surface area contributed by atoms with Gasteiger partial charge >= 0.3 is 11.9 Å². The monoisotopic (exact) mass is 240 g/mol. The predicted molar refractivity (Wildman–Crippen MR) is 57.5 cm³/mol. The van der Waals surface area contributed by atoms with Crippen LogP contribution in [0.5, 0.6) is 0 Å². The van der Waals surface area contributed by atoms with E-state index in [9.17, 15) is 14.0 Å². The highest BCUT2D eigenvalue weighted by Crippen LogP contribution is 2.18. The first-order valence-corrected chi connectivity index (χ1v) is 5.05. The van der Waals surface area contributed by atoms with E-state index in [1.807, 2.05) is 0 Å². The molecule has 1 rings (SSSR count). The highest BCUT2D eigenvalue weighted by Gasteiger charge is 2.16. The number of hydrogen-bond acceptors (Lipinski definition) is 4. The maximum Gasteiger partial charge on any atom is 0.303 e. The van der Waals surface area contributed by atoms with Crippen LogP contribution >= 0.6 is 0 Å². The van der Waals surface area contributed by atoms with Crippen molar-refractivity contribution in [2.24, 2.45) is 0 Å². The van der Waals surface area contributed by atoms with Gasteiger partial charge in [-0.25, -0.2) is 4.39 Å². The minimum absolute atomic E-state index is 0.0828. The molecule has 1 unspecified atom stereocenters. The van der Waals surface area contributed by atoms with Gasteiger partial charge < -0.3 is 9.47 Å². The lowest BCUT2D eigenvalue weighted by molar-refractivity contribution is -0.156. The Hall–Kier alpha value is -1.91. The highest BCUT2D eigenvalue weighted by molar-refractivity contribution is 5.67. The molecule has 0 N–H and O–H groups in total. The van der Waals surface area contributed by atoms with E-state index in [1.165, 1.54) is 38.1 Å². The predicted octanol–water partition coefficient (Wildman–Crippen LogP) is 1.99. The van der Waals surface area contributed by atoms with Crippen molar-refractivity contribution in [1.29, 1.82) is 0 Å². The largest absolute Gasteiger partial charge is 0.462 e.